The van der Waals surface area contributed by atoms with Crippen LogP contribution in [-0.4, -0.2) is 32.4 Å². The number of fused-ring (bicyclic) bond motifs is 1. The normalized spacial score (nSPS) is 19.9. The zero-order chi connectivity index (χ0) is 14.2. The van der Waals surface area contributed by atoms with Gasteiger partial charge in [0.05, 0.1) is 4.90 Å². The Labute approximate surface area is 120 Å². The highest BCUT2D eigenvalue weighted by molar-refractivity contribution is 7.89. The maximum Gasteiger partial charge on any atom is 0.243 e. The number of rotatable bonds is 2. The predicted octanol–water partition coefficient (Wildman–Crippen LogP) is 2.39. The molecule has 0 amide bonds. The van der Waals surface area contributed by atoms with Gasteiger partial charge in [-0.15, -0.1) is 0 Å². The van der Waals surface area contributed by atoms with Crippen molar-refractivity contribution in [2.45, 2.75) is 31.1 Å². The number of hydrogen-bond acceptors (Lipinski definition) is 3. The molecule has 1 aromatic carbocycles. The Kier molecular flexibility index (Phi) is 3.56. The maximum atomic E-state index is 12.7. The molecule has 0 saturated heterocycles. The van der Waals surface area contributed by atoms with Gasteiger partial charge in [-0.05, 0) is 49.9 Å². The predicted molar refractivity (Wildman–Crippen MR) is 80.4 cm³/mol. The van der Waals surface area contributed by atoms with Crippen LogP contribution in [0.1, 0.15) is 25.3 Å². The standard InChI is InChI=1S/C15H20N2O2S/c1-12-4-3-9-17(11-12)20(18,19)14-6-7-15-13(10-14)5-2-8-16-15/h4,6-7,10,16H,2-3,5,8-9,11H2,1H3. The Bertz CT molecular complexity index is 650. The third kappa shape index (κ3) is 2.47. The van der Waals surface area contributed by atoms with E-state index in [9.17, 15) is 8.42 Å². The molecule has 3 rings (SSSR count). The molecule has 0 spiro atoms. The molecule has 4 nitrogen and oxygen atoms in total. The van der Waals surface area contributed by atoms with Gasteiger partial charge in [-0.1, -0.05) is 11.6 Å². The first kappa shape index (κ1) is 13.6. The van der Waals surface area contributed by atoms with Crippen molar-refractivity contribution in [3.8, 4) is 0 Å². The average molecular weight is 292 g/mol. The maximum absolute atomic E-state index is 12.7. The van der Waals surface area contributed by atoms with Crippen LogP contribution in [0.5, 0.6) is 0 Å². The molecule has 0 radical (unpaired) electrons. The number of nitrogens with one attached hydrogen (secondary N) is 1. The van der Waals surface area contributed by atoms with Crippen LogP contribution in [0.15, 0.2) is 34.7 Å². The minimum atomic E-state index is -3.36. The molecule has 2 aliphatic heterocycles. The second-order valence-electron chi connectivity index (χ2n) is 5.53. The average Bonchev–Trinajstić information content (AvgIpc) is 2.46. The van der Waals surface area contributed by atoms with E-state index in [1.807, 2.05) is 19.1 Å². The molecule has 0 fully saturated rings. The fraction of sp³-hybridized carbons (Fsp3) is 0.467. The van der Waals surface area contributed by atoms with E-state index in [-0.39, 0.29) is 0 Å². The summed E-state index contributed by atoms with van der Waals surface area (Å²) in [6, 6.07) is 5.46. The zero-order valence-corrected chi connectivity index (χ0v) is 12.5. The highest BCUT2D eigenvalue weighted by atomic mass is 32.2. The summed E-state index contributed by atoms with van der Waals surface area (Å²) in [5, 5.41) is 3.31. The van der Waals surface area contributed by atoms with E-state index in [4.69, 9.17) is 0 Å². The summed E-state index contributed by atoms with van der Waals surface area (Å²) in [6.07, 6.45) is 4.92. The van der Waals surface area contributed by atoms with E-state index in [1.165, 1.54) is 0 Å². The van der Waals surface area contributed by atoms with Crippen LogP contribution in [0.25, 0.3) is 0 Å². The first-order valence-electron chi connectivity index (χ1n) is 7.10. The SMILES string of the molecule is CC1=CCCN(S(=O)(=O)c2ccc3c(c2)CCCN3)C1. The summed E-state index contributed by atoms with van der Waals surface area (Å²) in [4.78, 5) is 0.426. The van der Waals surface area contributed by atoms with Crippen molar-refractivity contribution in [2.24, 2.45) is 0 Å². The van der Waals surface area contributed by atoms with Gasteiger partial charge in [0.2, 0.25) is 10.0 Å². The lowest BCUT2D eigenvalue weighted by molar-refractivity contribution is 0.428. The van der Waals surface area contributed by atoms with Crippen LogP contribution in [0.3, 0.4) is 0 Å². The van der Waals surface area contributed by atoms with E-state index >= 15 is 0 Å². The molecule has 0 aromatic heterocycles. The number of anilines is 1. The molecule has 0 saturated carbocycles. The number of sulfonamides is 1. The molecule has 1 N–H and O–H groups in total. The first-order chi connectivity index (χ1) is 9.57. The molecule has 0 atom stereocenters. The number of aryl methyl sites for hydroxylation is 1. The van der Waals surface area contributed by atoms with Gasteiger partial charge in [-0.25, -0.2) is 8.42 Å². The summed E-state index contributed by atoms with van der Waals surface area (Å²) in [6.45, 7) is 4.04. The molecule has 108 valence electrons. The van der Waals surface area contributed by atoms with Crippen molar-refractivity contribution >= 4 is 15.7 Å². The minimum absolute atomic E-state index is 0.426. The molecule has 0 bridgehead atoms. The molecule has 1 aromatic rings. The zero-order valence-electron chi connectivity index (χ0n) is 11.7. The van der Waals surface area contributed by atoms with Gasteiger partial charge in [0, 0.05) is 25.3 Å². The second kappa shape index (κ2) is 5.22. The summed E-state index contributed by atoms with van der Waals surface area (Å²) >= 11 is 0. The van der Waals surface area contributed by atoms with E-state index in [2.05, 4.69) is 11.4 Å². The fourth-order valence-corrected chi connectivity index (χ4v) is 4.39. The van der Waals surface area contributed by atoms with Gasteiger partial charge in [0.25, 0.3) is 0 Å². The van der Waals surface area contributed by atoms with Crippen molar-refractivity contribution in [1.29, 1.82) is 0 Å². The third-order valence-corrected chi connectivity index (χ3v) is 5.79. The summed E-state index contributed by atoms with van der Waals surface area (Å²) in [7, 11) is -3.36. The Morgan fingerprint density at radius 3 is 2.95 bits per heavy atom. The molecule has 2 aliphatic rings. The number of hydrogen-bond donors (Lipinski definition) is 1. The van der Waals surface area contributed by atoms with Crippen LogP contribution >= 0.6 is 0 Å². The smallest absolute Gasteiger partial charge is 0.243 e. The molecule has 20 heavy (non-hydrogen) atoms. The quantitative estimate of drug-likeness (QED) is 0.852. The summed E-state index contributed by atoms with van der Waals surface area (Å²) in [5.74, 6) is 0. The molecule has 0 unspecified atom stereocenters. The highest BCUT2D eigenvalue weighted by Crippen LogP contribution is 2.27. The van der Waals surface area contributed by atoms with E-state index in [0.29, 0.717) is 18.0 Å². The van der Waals surface area contributed by atoms with Crippen LogP contribution in [0, 0.1) is 0 Å². The van der Waals surface area contributed by atoms with Gasteiger partial charge in [0.1, 0.15) is 0 Å². The molecule has 2 heterocycles. The monoisotopic (exact) mass is 292 g/mol. The Hall–Kier alpha value is -1.33. The second-order valence-corrected chi connectivity index (χ2v) is 7.46. The van der Waals surface area contributed by atoms with Crippen LogP contribution in [-0.2, 0) is 16.4 Å². The number of benzene rings is 1. The Balaban J connectivity index is 1.93. The third-order valence-electron chi connectivity index (χ3n) is 3.95. The van der Waals surface area contributed by atoms with Crippen LogP contribution < -0.4 is 5.32 Å². The minimum Gasteiger partial charge on any atom is -0.385 e. The van der Waals surface area contributed by atoms with Gasteiger partial charge < -0.3 is 5.32 Å². The molecule has 0 aliphatic carbocycles. The summed E-state index contributed by atoms with van der Waals surface area (Å²) in [5.41, 5.74) is 3.31. The lowest BCUT2D eigenvalue weighted by Gasteiger charge is -2.26. The topological polar surface area (TPSA) is 49.4 Å². The van der Waals surface area contributed by atoms with Crippen molar-refractivity contribution < 1.29 is 8.42 Å². The number of nitrogens with zero attached hydrogens (tertiary/aromatic N) is 1. The molecule has 5 heteroatoms. The van der Waals surface area contributed by atoms with Crippen molar-refractivity contribution in [2.75, 3.05) is 25.0 Å². The first-order valence-corrected chi connectivity index (χ1v) is 8.54. The van der Waals surface area contributed by atoms with Gasteiger partial charge in [-0.2, -0.15) is 4.31 Å². The van der Waals surface area contributed by atoms with Crippen molar-refractivity contribution in [1.82, 2.24) is 4.31 Å². The van der Waals surface area contributed by atoms with Gasteiger partial charge in [0.15, 0.2) is 0 Å². The van der Waals surface area contributed by atoms with Gasteiger partial charge in [-0.3, -0.25) is 0 Å². The molecular formula is C15H20N2O2S. The van der Waals surface area contributed by atoms with E-state index in [0.717, 1.165) is 42.6 Å². The lowest BCUT2D eigenvalue weighted by Crippen LogP contribution is -2.35. The van der Waals surface area contributed by atoms with Crippen molar-refractivity contribution in [3.05, 3.63) is 35.4 Å². The fourth-order valence-electron chi connectivity index (χ4n) is 2.84. The Morgan fingerprint density at radius 2 is 2.15 bits per heavy atom. The summed E-state index contributed by atoms with van der Waals surface area (Å²) < 4.78 is 27.0. The van der Waals surface area contributed by atoms with E-state index in [1.54, 1.807) is 10.4 Å². The van der Waals surface area contributed by atoms with Gasteiger partial charge >= 0.3 is 0 Å². The van der Waals surface area contributed by atoms with E-state index < -0.39 is 10.0 Å². The highest BCUT2D eigenvalue weighted by Gasteiger charge is 2.26. The Morgan fingerprint density at radius 1 is 1.30 bits per heavy atom. The largest absolute Gasteiger partial charge is 0.385 e. The van der Waals surface area contributed by atoms with Crippen molar-refractivity contribution in [3.63, 3.8) is 0 Å². The lowest BCUT2D eigenvalue weighted by atomic mass is 10.0. The van der Waals surface area contributed by atoms with Crippen LogP contribution in [0.4, 0.5) is 5.69 Å². The van der Waals surface area contributed by atoms with Crippen LogP contribution in [0.2, 0.25) is 0 Å². The molecular weight excluding hydrogens is 272 g/mol.